The summed E-state index contributed by atoms with van der Waals surface area (Å²) in [5.41, 5.74) is 1.64. The van der Waals surface area contributed by atoms with Crippen LogP contribution in [0.15, 0.2) is 18.2 Å². The number of pyridine rings is 1. The van der Waals surface area contributed by atoms with E-state index in [1.807, 2.05) is 28.0 Å². The minimum atomic E-state index is -0.944. The van der Waals surface area contributed by atoms with Crippen LogP contribution in [0.25, 0.3) is 0 Å². The fourth-order valence-electron chi connectivity index (χ4n) is 5.65. The SMILES string of the molecule is O=C(O)C1CCCN1C(=O)CN1CCCCCN(CC(=O)N2CCCC2C(=O)O)Cc2cccc(n2)C1. The van der Waals surface area contributed by atoms with Crippen molar-refractivity contribution in [3.05, 3.63) is 29.6 Å². The van der Waals surface area contributed by atoms with Gasteiger partial charge in [-0.15, -0.1) is 0 Å². The van der Waals surface area contributed by atoms with Gasteiger partial charge in [0.15, 0.2) is 0 Å². The van der Waals surface area contributed by atoms with Crippen molar-refractivity contribution < 1.29 is 29.4 Å². The first-order valence-electron chi connectivity index (χ1n) is 13.3. The Hall–Kier alpha value is -3.05. The lowest BCUT2D eigenvalue weighted by atomic mass is 10.1. The predicted octanol–water partition coefficient (Wildman–Crippen LogP) is 1.02. The number of aliphatic carboxylic acids is 2. The van der Waals surface area contributed by atoms with E-state index in [9.17, 15) is 29.4 Å². The van der Waals surface area contributed by atoms with Crippen LogP contribution in [-0.2, 0) is 32.3 Å². The van der Waals surface area contributed by atoms with Crippen LogP contribution in [0.4, 0.5) is 0 Å². The van der Waals surface area contributed by atoms with E-state index in [1.165, 1.54) is 9.80 Å². The van der Waals surface area contributed by atoms with Gasteiger partial charge in [-0.05, 0) is 63.7 Å². The van der Waals surface area contributed by atoms with Crippen molar-refractivity contribution in [1.82, 2.24) is 24.6 Å². The third-order valence-electron chi connectivity index (χ3n) is 7.52. The molecule has 2 atom stereocenters. The molecule has 0 aromatic carbocycles. The van der Waals surface area contributed by atoms with Gasteiger partial charge in [-0.25, -0.2) is 9.59 Å². The molecule has 11 heteroatoms. The van der Waals surface area contributed by atoms with E-state index in [-0.39, 0.29) is 24.9 Å². The molecule has 2 fully saturated rings. The molecule has 2 unspecified atom stereocenters. The Labute approximate surface area is 217 Å². The number of hydrogen-bond acceptors (Lipinski definition) is 7. The van der Waals surface area contributed by atoms with Crippen LogP contribution in [0.3, 0.4) is 0 Å². The molecule has 4 rings (SSSR count). The fraction of sp³-hybridized carbons (Fsp3) is 0.654. The summed E-state index contributed by atoms with van der Waals surface area (Å²) in [7, 11) is 0. The van der Waals surface area contributed by atoms with E-state index in [0.717, 1.165) is 30.7 Å². The third kappa shape index (κ3) is 7.04. The average molecular weight is 516 g/mol. The molecule has 0 radical (unpaired) electrons. The van der Waals surface area contributed by atoms with Crippen molar-refractivity contribution in [3.8, 4) is 0 Å². The highest BCUT2D eigenvalue weighted by Crippen LogP contribution is 2.20. The average Bonchev–Trinajstić information content (AvgIpc) is 3.53. The second-order valence-corrected chi connectivity index (χ2v) is 10.3. The van der Waals surface area contributed by atoms with E-state index >= 15 is 0 Å². The summed E-state index contributed by atoms with van der Waals surface area (Å²) in [6.45, 7) is 3.64. The largest absolute Gasteiger partial charge is 0.480 e. The van der Waals surface area contributed by atoms with Gasteiger partial charge in [-0.3, -0.25) is 24.4 Å². The molecule has 2 N–H and O–H groups in total. The highest BCUT2D eigenvalue weighted by Gasteiger charge is 2.35. The Bertz CT molecular complexity index is 930. The molecule has 1 aromatic heterocycles. The molecule has 4 heterocycles. The van der Waals surface area contributed by atoms with E-state index < -0.39 is 24.0 Å². The molecule has 11 nitrogen and oxygen atoms in total. The van der Waals surface area contributed by atoms with Crippen LogP contribution in [0, 0.1) is 0 Å². The minimum Gasteiger partial charge on any atom is -0.480 e. The van der Waals surface area contributed by atoms with Gasteiger partial charge < -0.3 is 20.0 Å². The van der Waals surface area contributed by atoms with Crippen LogP contribution in [0.1, 0.15) is 56.3 Å². The molecule has 37 heavy (non-hydrogen) atoms. The summed E-state index contributed by atoms with van der Waals surface area (Å²) in [4.78, 5) is 60.9. The van der Waals surface area contributed by atoms with Crippen molar-refractivity contribution in [2.75, 3.05) is 39.3 Å². The molecule has 2 saturated heterocycles. The predicted molar refractivity (Wildman–Crippen MR) is 133 cm³/mol. The molecule has 0 aliphatic carbocycles. The van der Waals surface area contributed by atoms with Crippen molar-refractivity contribution in [2.45, 2.75) is 70.1 Å². The quantitative estimate of drug-likeness (QED) is 0.569. The first-order valence-corrected chi connectivity index (χ1v) is 13.3. The van der Waals surface area contributed by atoms with E-state index in [0.29, 0.717) is 65.0 Å². The number of carboxylic acids is 2. The number of carboxylic acid groups (broad SMARTS) is 2. The summed E-state index contributed by atoms with van der Waals surface area (Å²) < 4.78 is 0. The topological polar surface area (TPSA) is 135 Å². The van der Waals surface area contributed by atoms with E-state index in [1.54, 1.807) is 0 Å². The summed E-state index contributed by atoms with van der Waals surface area (Å²) >= 11 is 0. The molecule has 202 valence electrons. The normalized spacial score (nSPS) is 23.9. The lowest BCUT2D eigenvalue weighted by Crippen LogP contribution is -2.46. The monoisotopic (exact) mass is 515 g/mol. The number of carbonyl (C=O) groups is 4. The van der Waals surface area contributed by atoms with Crippen molar-refractivity contribution >= 4 is 23.8 Å². The molecular formula is C26H37N5O6. The highest BCUT2D eigenvalue weighted by molar-refractivity contribution is 5.86. The van der Waals surface area contributed by atoms with Crippen molar-refractivity contribution in [2.24, 2.45) is 0 Å². The number of amides is 2. The lowest BCUT2D eigenvalue weighted by molar-refractivity contribution is -0.148. The van der Waals surface area contributed by atoms with Crippen LogP contribution in [0.2, 0.25) is 0 Å². The maximum atomic E-state index is 13.0. The van der Waals surface area contributed by atoms with Gasteiger partial charge in [0, 0.05) is 26.2 Å². The van der Waals surface area contributed by atoms with Gasteiger partial charge in [0.1, 0.15) is 12.1 Å². The molecule has 2 amide bonds. The number of aromatic nitrogens is 1. The van der Waals surface area contributed by atoms with Gasteiger partial charge in [-0.1, -0.05) is 12.5 Å². The Morgan fingerprint density at radius 1 is 0.703 bits per heavy atom. The Kier molecular flexibility index (Phi) is 9.09. The summed E-state index contributed by atoms with van der Waals surface area (Å²) in [5.74, 6) is -2.20. The molecule has 2 bridgehead atoms. The van der Waals surface area contributed by atoms with Gasteiger partial charge in [0.2, 0.25) is 11.8 Å². The van der Waals surface area contributed by atoms with Crippen LogP contribution in [0.5, 0.6) is 0 Å². The van der Waals surface area contributed by atoms with E-state index in [4.69, 9.17) is 4.98 Å². The number of carbonyl (C=O) groups excluding carboxylic acids is 2. The van der Waals surface area contributed by atoms with Crippen LogP contribution in [-0.4, -0.2) is 110 Å². The second kappa shape index (κ2) is 12.5. The maximum Gasteiger partial charge on any atom is 0.326 e. The molecule has 3 aliphatic heterocycles. The second-order valence-electron chi connectivity index (χ2n) is 10.3. The Balaban J connectivity index is 1.41. The summed E-state index contributed by atoms with van der Waals surface area (Å²) in [6, 6.07) is 4.29. The van der Waals surface area contributed by atoms with Crippen molar-refractivity contribution in [3.63, 3.8) is 0 Å². The smallest absolute Gasteiger partial charge is 0.326 e. The summed E-state index contributed by atoms with van der Waals surface area (Å²) in [5, 5.41) is 18.9. The maximum absolute atomic E-state index is 13.0. The molecule has 0 spiro atoms. The van der Waals surface area contributed by atoms with Crippen molar-refractivity contribution in [1.29, 1.82) is 0 Å². The van der Waals surface area contributed by atoms with E-state index in [2.05, 4.69) is 0 Å². The summed E-state index contributed by atoms with van der Waals surface area (Å²) in [6.07, 6.45) is 5.06. The van der Waals surface area contributed by atoms with Gasteiger partial charge in [0.05, 0.1) is 24.5 Å². The van der Waals surface area contributed by atoms with Crippen LogP contribution < -0.4 is 0 Å². The zero-order valence-corrected chi connectivity index (χ0v) is 21.3. The molecular weight excluding hydrogens is 478 g/mol. The minimum absolute atomic E-state index is 0.153. The number of fused-ring (bicyclic) bond motifs is 2. The lowest BCUT2D eigenvalue weighted by Gasteiger charge is -2.29. The number of rotatable bonds is 6. The Morgan fingerprint density at radius 2 is 1.16 bits per heavy atom. The van der Waals surface area contributed by atoms with Crippen LogP contribution >= 0.6 is 0 Å². The van der Waals surface area contributed by atoms with Gasteiger partial charge >= 0.3 is 11.9 Å². The first kappa shape index (κ1) is 27.0. The highest BCUT2D eigenvalue weighted by atomic mass is 16.4. The Morgan fingerprint density at radius 3 is 1.59 bits per heavy atom. The molecule has 3 aliphatic rings. The number of nitrogens with zero attached hydrogens (tertiary/aromatic N) is 5. The zero-order chi connectivity index (χ0) is 26.4. The van der Waals surface area contributed by atoms with Gasteiger partial charge in [-0.2, -0.15) is 0 Å². The fourth-order valence-corrected chi connectivity index (χ4v) is 5.65. The standard InChI is InChI=1S/C26H37N5O6/c32-23(30-13-5-9-21(30)25(34)35)17-28-11-2-1-3-12-29(16-20-8-4-7-19(15-28)27-20)18-24(33)31-14-6-10-22(31)26(36)37/h4,7-8,21-22H,1-3,5-6,9-18H2,(H,34,35)(H,36,37). The molecule has 0 saturated carbocycles. The third-order valence-corrected chi connectivity index (χ3v) is 7.52. The molecule has 1 aromatic rings. The number of hydrogen-bond donors (Lipinski definition) is 2. The first-order chi connectivity index (χ1) is 17.8. The van der Waals surface area contributed by atoms with Gasteiger partial charge in [0.25, 0.3) is 0 Å². The number of likely N-dealkylation sites (tertiary alicyclic amines) is 2. The zero-order valence-electron chi connectivity index (χ0n) is 21.3.